The zero-order chi connectivity index (χ0) is 26.3. The molecule has 0 fully saturated rings. The van der Waals surface area contributed by atoms with E-state index in [4.69, 9.17) is 11.6 Å². The molecule has 1 aliphatic carbocycles. The number of sulfonamides is 1. The van der Waals surface area contributed by atoms with Crippen molar-refractivity contribution in [2.24, 2.45) is 0 Å². The van der Waals surface area contributed by atoms with E-state index in [-0.39, 0.29) is 29.6 Å². The highest BCUT2D eigenvalue weighted by Crippen LogP contribution is 2.36. The lowest BCUT2D eigenvalue weighted by atomic mass is 9.93. The van der Waals surface area contributed by atoms with Crippen LogP contribution in [-0.4, -0.2) is 35.9 Å². The highest BCUT2D eigenvalue weighted by Gasteiger charge is 2.30. The molecule has 0 unspecified atom stereocenters. The summed E-state index contributed by atoms with van der Waals surface area (Å²) in [5.41, 5.74) is 3.94. The van der Waals surface area contributed by atoms with E-state index in [1.165, 1.54) is 0 Å². The number of aromatic nitrogens is 2. The van der Waals surface area contributed by atoms with E-state index in [9.17, 15) is 18.0 Å². The lowest BCUT2D eigenvalue weighted by Gasteiger charge is -2.15. The summed E-state index contributed by atoms with van der Waals surface area (Å²) in [6, 6.07) is 15.3. The van der Waals surface area contributed by atoms with E-state index in [2.05, 4.69) is 9.71 Å². The van der Waals surface area contributed by atoms with Crippen LogP contribution in [0.5, 0.6) is 0 Å². The van der Waals surface area contributed by atoms with Crippen LogP contribution in [0.1, 0.15) is 40.5 Å². The molecule has 0 aliphatic heterocycles. The Kier molecular flexibility index (Phi) is 6.47. The molecule has 2 aromatic carbocycles. The van der Waals surface area contributed by atoms with Crippen LogP contribution < -0.4 is 4.72 Å². The fraction of sp³-hybridized carbons (Fsp3) is 0.179. The quantitative estimate of drug-likeness (QED) is 0.349. The maximum absolute atomic E-state index is 13.5. The van der Waals surface area contributed by atoms with Crippen LogP contribution in [0.4, 0.5) is 0 Å². The molecule has 2 heterocycles. The summed E-state index contributed by atoms with van der Waals surface area (Å²) >= 11 is 6.57. The van der Waals surface area contributed by atoms with Gasteiger partial charge in [0.05, 0.1) is 18.3 Å². The first kappa shape index (κ1) is 24.9. The van der Waals surface area contributed by atoms with E-state index < -0.39 is 15.9 Å². The third-order valence-electron chi connectivity index (χ3n) is 6.38. The third-order valence-corrected chi connectivity index (χ3v) is 7.26. The first-order valence-corrected chi connectivity index (χ1v) is 14.0. The predicted molar refractivity (Wildman–Crippen MR) is 146 cm³/mol. The highest BCUT2D eigenvalue weighted by atomic mass is 35.5. The number of fused-ring (bicyclic) bond motifs is 2. The summed E-state index contributed by atoms with van der Waals surface area (Å²) in [6.45, 7) is 2.16. The number of hydrogen-bond acceptors (Lipinski definition) is 5. The van der Waals surface area contributed by atoms with Gasteiger partial charge in [0.15, 0.2) is 5.78 Å². The number of amides is 1. The van der Waals surface area contributed by atoms with Crippen LogP contribution in [0.2, 0.25) is 5.15 Å². The smallest absolute Gasteiger partial charge is 0.282 e. The van der Waals surface area contributed by atoms with Crippen LogP contribution >= 0.6 is 11.6 Å². The van der Waals surface area contributed by atoms with Gasteiger partial charge in [0, 0.05) is 39.4 Å². The van der Waals surface area contributed by atoms with Gasteiger partial charge in [0.2, 0.25) is 10.0 Å². The Hall–Kier alpha value is -3.75. The van der Waals surface area contributed by atoms with Gasteiger partial charge in [-0.2, -0.15) is 0 Å². The molecule has 1 amide bonds. The number of halogens is 1. The maximum atomic E-state index is 13.5. The van der Waals surface area contributed by atoms with Gasteiger partial charge < -0.3 is 4.57 Å². The Bertz CT molecular complexity index is 1770. The van der Waals surface area contributed by atoms with E-state index in [0.717, 1.165) is 29.1 Å². The van der Waals surface area contributed by atoms with Crippen LogP contribution in [0, 0.1) is 0 Å². The molecule has 1 aliphatic rings. The van der Waals surface area contributed by atoms with Gasteiger partial charge in [-0.25, -0.2) is 18.1 Å². The number of ketones is 1. The average molecular weight is 534 g/mol. The molecule has 188 valence electrons. The van der Waals surface area contributed by atoms with Crippen molar-refractivity contribution in [3.8, 4) is 0 Å². The third kappa shape index (κ3) is 4.82. The molecule has 0 saturated carbocycles. The number of pyridine rings is 1. The van der Waals surface area contributed by atoms with E-state index in [1.807, 2.05) is 55.5 Å². The van der Waals surface area contributed by atoms with Crippen molar-refractivity contribution in [2.75, 3.05) is 6.26 Å². The van der Waals surface area contributed by atoms with E-state index in [0.29, 0.717) is 27.6 Å². The van der Waals surface area contributed by atoms with Gasteiger partial charge in [-0.05, 0) is 36.2 Å². The molecular weight excluding hydrogens is 510 g/mol. The Labute approximate surface area is 219 Å². The number of carbonyl (C=O) groups excluding carboxylic acids is 2. The fourth-order valence-electron chi connectivity index (χ4n) is 4.69. The number of rotatable bonds is 6. The molecular formula is C28H24ClN3O4S. The minimum absolute atomic E-state index is 0.0767. The molecule has 5 rings (SSSR count). The van der Waals surface area contributed by atoms with E-state index >= 15 is 0 Å². The molecule has 1 N–H and O–H groups in total. The molecule has 0 spiro atoms. The van der Waals surface area contributed by atoms with Crippen molar-refractivity contribution in [1.29, 1.82) is 0 Å². The lowest BCUT2D eigenvalue weighted by molar-refractivity contribution is -0.113. The van der Waals surface area contributed by atoms with Crippen molar-refractivity contribution in [2.45, 2.75) is 26.3 Å². The monoisotopic (exact) mass is 533 g/mol. The standard InChI is InChI=1S/C28H24ClN3O4S/c1-3-17-12-13-23-21(14-17)25(20-9-5-7-11-24(20)33)26(28(34)31-37(2,35)36)32(23)16-19-15-18-8-4-6-10-22(18)30-27(19)29/h4-10,12-15H,3,11,16H2,1-2H3,(H,31,34). The average Bonchev–Trinajstić information content (AvgIpc) is 3.17. The zero-order valence-electron chi connectivity index (χ0n) is 20.3. The predicted octanol–water partition coefficient (Wildman–Crippen LogP) is 5.06. The lowest BCUT2D eigenvalue weighted by Crippen LogP contribution is -2.32. The second-order valence-corrected chi connectivity index (χ2v) is 11.1. The minimum Gasteiger partial charge on any atom is -0.331 e. The number of carbonyl (C=O) groups is 2. The number of Topliss-reactive ketones (excluding diaryl/α,β-unsaturated/α-hetero) is 1. The number of aryl methyl sites for hydroxylation is 1. The van der Waals surface area contributed by atoms with Gasteiger partial charge in [-0.3, -0.25) is 9.59 Å². The first-order chi connectivity index (χ1) is 17.7. The van der Waals surface area contributed by atoms with Crippen molar-refractivity contribution in [1.82, 2.24) is 14.3 Å². The molecule has 2 aromatic heterocycles. The van der Waals surface area contributed by atoms with Crippen LogP contribution in [0.3, 0.4) is 0 Å². The Morgan fingerprint density at radius 3 is 2.68 bits per heavy atom. The van der Waals surface area contributed by atoms with Crippen molar-refractivity contribution in [3.63, 3.8) is 0 Å². The first-order valence-electron chi connectivity index (χ1n) is 11.8. The largest absolute Gasteiger partial charge is 0.331 e. The van der Waals surface area contributed by atoms with Gasteiger partial charge in [-0.15, -0.1) is 0 Å². The normalized spacial score (nSPS) is 13.8. The summed E-state index contributed by atoms with van der Waals surface area (Å²) in [7, 11) is -3.88. The number of allylic oxidation sites excluding steroid dienone is 4. The van der Waals surface area contributed by atoms with Crippen molar-refractivity contribution < 1.29 is 18.0 Å². The number of nitrogens with zero attached hydrogens (tertiary/aromatic N) is 2. The second-order valence-electron chi connectivity index (χ2n) is 8.98. The van der Waals surface area contributed by atoms with Crippen LogP contribution in [-0.2, 0) is 27.8 Å². The second kappa shape index (κ2) is 9.61. The van der Waals surface area contributed by atoms with Crippen molar-refractivity contribution in [3.05, 3.63) is 94.3 Å². The molecule has 7 nitrogen and oxygen atoms in total. The van der Waals surface area contributed by atoms with Crippen LogP contribution in [0.15, 0.2) is 66.8 Å². The Morgan fingerprint density at radius 1 is 1.16 bits per heavy atom. The van der Waals surface area contributed by atoms with Gasteiger partial charge >= 0.3 is 0 Å². The SMILES string of the molecule is CCc1ccc2c(c1)c(C1=CC=CCC1=O)c(C(=O)NS(C)(=O)=O)n2Cc1cc2ccccc2nc1Cl. The van der Waals surface area contributed by atoms with Gasteiger partial charge in [0.1, 0.15) is 10.8 Å². The summed E-state index contributed by atoms with van der Waals surface area (Å²) < 4.78 is 28.0. The summed E-state index contributed by atoms with van der Waals surface area (Å²) in [6.07, 6.45) is 7.06. The van der Waals surface area contributed by atoms with Crippen molar-refractivity contribution >= 4 is 60.7 Å². The van der Waals surface area contributed by atoms with Gasteiger partial charge in [0.25, 0.3) is 5.91 Å². The zero-order valence-corrected chi connectivity index (χ0v) is 21.9. The number of hydrogen-bond donors (Lipinski definition) is 1. The van der Waals surface area contributed by atoms with Crippen LogP contribution in [0.25, 0.3) is 27.4 Å². The highest BCUT2D eigenvalue weighted by molar-refractivity contribution is 7.89. The minimum atomic E-state index is -3.88. The Balaban J connectivity index is 1.82. The maximum Gasteiger partial charge on any atom is 0.282 e. The van der Waals surface area contributed by atoms with E-state index in [1.54, 1.807) is 22.8 Å². The molecule has 4 aromatic rings. The summed E-state index contributed by atoms with van der Waals surface area (Å²) in [4.78, 5) is 31.1. The number of benzene rings is 2. The Morgan fingerprint density at radius 2 is 1.95 bits per heavy atom. The molecule has 9 heteroatoms. The number of nitrogens with one attached hydrogen (secondary N) is 1. The molecule has 0 bridgehead atoms. The molecule has 37 heavy (non-hydrogen) atoms. The topological polar surface area (TPSA) is 98.1 Å². The molecule has 0 atom stereocenters. The molecule has 0 saturated heterocycles. The number of para-hydroxylation sites is 1. The summed E-state index contributed by atoms with van der Waals surface area (Å²) in [5.74, 6) is -0.970. The van der Waals surface area contributed by atoms with Gasteiger partial charge in [-0.1, -0.05) is 61.0 Å². The summed E-state index contributed by atoms with van der Waals surface area (Å²) in [5, 5.41) is 1.85. The fourth-order valence-corrected chi connectivity index (χ4v) is 5.33. The molecule has 0 radical (unpaired) electrons.